The van der Waals surface area contributed by atoms with Crippen molar-refractivity contribution < 1.29 is 0 Å². The van der Waals surface area contributed by atoms with Gasteiger partial charge in [-0.2, -0.15) is 0 Å². The van der Waals surface area contributed by atoms with E-state index in [-0.39, 0.29) is 0 Å². The smallest absolute Gasteiger partial charge is 0.0670 e. The Morgan fingerprint density at radius 3 is 1.84 bits per heavy atom. The molecule has 2 radical (unpaired) electrons. The Morgan fingerprint density at radius 2 is 1.21 bits per heavy atom. The van der Waals surface area contributed by atoms with Gasteiger partial charge in [0.15, 0.2) is 0 Å². The molecular weight excluding hydrogens is 455 g/mol. The molecule has 0 N–H and O–H groups in total. The molecule has 25 unspecified atom stereocenters. The zero-order valence-electron chi connectivity index (χ0n) is 22.3. The van der Waals surface area contributed by atoms with Gasteiger partial charge >= 0.3 is 0 Å². The first-order valence-corrected chi connectivity index (χ1v) is 17.5. The highest BCUT2D eigenvalue weighted by Gasteiger charge is 3.33. The summed E-state index contributed by atoms with van der Waals surface area (Å²) in [5.41, 5.74) is 8.67. The summed E-state index contributed by atoms with van der Waals surface area (Å²) in [6, 6.07) is 11.7. The summed E-state index contributed by atoms with van der Waals surface area (Å²) in [5.74, 6) is 19.8. The van der Waals surface area contributed by atoms with E-state index >= 15 is 0 Å². The van der Waals surface area contributed by atoms with Crippen LogP contribution < -0.4 is 0 Å². The van der Waals surface area contributed by atoms with Crippen LogP contribution in [0.5, 0.6) is 0 Å². The van der Waals surface area contributed by atoms with E-state index < -0.39 is 0 Å². The van der Waals surface area contributed by atoms with E-state index in [1.165, 1.54) is 90.3 Å². The van der Waals surface area contributed by atoms with Crippen molar-refractivity contribution in [1.82, 2.24) is 0 Å². The van der Waals surface area contributed by atoms with E-state index in [1.54, 1.807) is 18.4 Å². The van der Waals surface area contributed by atoms with Crippen molar-refractivity contribution in [3.63, 3.8) is 0 Å². The lowest BCUT2D eigenvalue weighted by Gasteiger charge is -3.34. The summed E-state index contributed by atoms with van der Waals surface area (Å²) >= 11 is 0. The van der Waals surface area contributed by atoms with Crippen molar-refractivity contribution in [2.45, 2.75) is 44.8 Å². The van der Waals surface area contributed by atoms with Crippen LogP contribution in [0.25, 0.3) is 0 Å². The van der Waals surface area contributed by atoms with Crippen LogP contribution in [-0.2, 0) is 6.42 Å². The lowest BCUT2D eigenvalue weighted by molar-refractivity contribution is -0.886. The predicted octanol–water partition coefficient (Wildman–Crippen LogP) is 5.73. The number of hydrogen-bond acceptors (Lipinski definition) is 0. The minimum Gasteiger partial charge on any atom is -0.0670 e. The molecule has 38 heavy (non-hydrogen) atoms. The normalized spacial score (nSPS) is 92.6. The molecule has 1 aromatic rings. The predicted molar refractivity (Wildman–Crippen MR) is 139 cm³/mol. The van der Waals surface area contributed by atoms with Crippen LogP contribution in [0.2, 0.25) is 5.82 Å². The topological polar surface area (TPSA) is 0 Å². The van der Waals surface area contributed by atoms with Gasteiger partial charge in [0.1, 0.15) is 0 Å². The molecule has 0 heterocycles. The molecule has 7 spiro atoms. The monoisotopic (exact) mass is 490 g/mol. The molecule has 0 aromatic heterocycles. The van der Waals surface area contributed by atoms with Gasteiger partial charge in [0, 0.05) is 0 Å². The average Bonchev–Trinajstić information content (AvgIpc) is 2.84. The Morgan fingerprint density at radius 1 is 0.658 bits per heavy atom. The van der Waals surface area contributed by atoms with Crippen molar-refractivity contribution >= 4 is 7.85 Å². The summed E-state index contributed by atoms with van der Waals surface area (Å²) in [6.07, 6.45) is 7.60. The molecule has 1 heteroatoms. The molecule has 1 aromatic carbocycles. The van der Waals surface area contributed by atoms with E-state index in [4.69, 9.17) is 7.85 Å². The Hall–Kier alpha value is -0.715. The zero-order chi connectivity index (χ0) is 23.5. The van der Waals surface area contributed by atoms with E-state index in [0.717, 1.165) is 61.6 Å². The van der Waals surface area contributed by atoms with E-state index in [0.29, 0.717) is 11.2 Å². The first kappa shape index (κ1) is 17.3. The Balaban J connectivity index is 0.889. The summed E-state index contributed by atoms with van der Waals surface area (Å²) in [7, 11) is 7.54. The maximum atomic E-state index is 7.54. The van der Waals surface area contributed by atoms with Crippen molar-refractivity contribution in [3.8, 4) is 0 Å². The highest BCUT2D eigenvalue weighted by atomic mass is 15.4. The largest absolute Gasteiger partial charge is 0.0711 e. The van der Waals surface area contributed by atoms with Gasteiger partial charge in [0.05, 0.1) is 7.85 Å². The second kappa shape index (κ2) is 3.65. The highest BCUT2D eigenvalue weighted by Crippen LogP contribution is 3.35. The van der Waals surface area contributed by atoms with Crippen molar-refractivity contribution in [2.75, 3.05) is 0 Å². The second-order valence-electron chi connectivity index (χ2n) is 19.5. The van der Waals surface area contributed by atoms with Crippen LogP contribution in [0.4, 0.5) is 0 Å². The van der Waals surface area contributed by atoms with Crippen LogP contribution in [0.3, 0.4) is 0 Å². The summed E-state index contributed by atoms with van der Waals surface area (Å²) < 4.78 is 0. The fourth-order valence-electron chi connectivity index (χ4n) is 25.9. The minimum absolute atomic E-state index is 0.492. The average molecular weight is 490 g/mol. The lowest BCUT2D eigenvalue weighted by Crippen LogP contribution is -3.32. The maximum absolute atomic E-state index is 7.54. The number of hydrogen-bond donors (Lipinski definition) is 0. The van der Waals surface area contributed by atoms with Crippen molar-refractivity contribution in [2.24, 2.45) is 138 Å². The van der Waals surface area contributed by atoms with E-state index in [9.17, 15) is 0 Å². The molecule has 25 atom stereocenters. The minimum atomic E-state index is 0.492. The van der Waals surface area contributed by atoms with Crippen molar-refractivity contribution in [3.05, 3.63) is 35.9 Å². The Labute approximate surface area is 226 Å². The third-order valence-corrected chi connectivity index (χ3v) is 23.0. The Bertz CT molecular complexity index is 1680. The number of rotatable bonds is 4. The van der Waals surface area contributed by atoms with Gasteiger partial charge in [-0.05, 0) is 169 Å². The van der Waals surface area contributed by atoms with Crippen LogP contribution in [0.15, 0.2) is 30.3 Å². The van der Waals surface area contributed by atoms with Gasteiger partial charge < -0.3 is 0 Å². The Kier molecular flexibility index (Phi) is 1.66. The van der Waals surface area contributed by atoms with Crippen LogP contribution >= 0.6 is 0 Å². The lowest BCUT2D eigenvalue weighted by atomic mass is 8.69. The van der Waals surface area contributed by atoms with E-state index in [2.05, 4.69) is 37.3 Å². The third kappa shape index (κ3) is 0.695. The molecule has 16 saturated carbocycles. The fourth-order valence-corrected chi connectivity index (χ4v) is 25.9. The van der Waals surface area contributed by atoms with Gasteiger partial charge in [0.25, 0.3) is 0 Å². The first-order valence-electron chi connectivity index (χ1n) is 17.5. The first-order chi connectivity index (χ1) is 18.7. The molecule has 0 saturated heterocycles. The molecule has 0 aliphatic heterocycles. The molecule has 16 fully saturated rings. The maximum Gasteiger partial charge on any atom is 0.0711 e. The van der Waals surface area contributed by atoms with Gasteiger partial charge in [-0.15, -0.1) is 0 Å². The third-order valence-electron chi connectivity index (χ3n) is 23.0. The molecular formula is C37H35B. The van der Waals surface area contributed by atoms with E-state index in [1.807, 2.05) is 0 Å². The van der Waals surface area contributed by atoms with Crippen LogP contribution in [-0.4, -0.2) is 7.85 Å². The van der Waals surface area contributed by atoms with Gasteiger partial charge in [0.2, 0.25) is 0 Å². The second-order valence-corrected chi connectivity index (χ2v) is 19.5. The summed E-state index contributed by atoms with van der Waals surface area (Å²) in [5, 5.41) is 0. The standard InChI is InChI=1S/C37H35B/c1-2-6-14-17-20-23-24-21-18-15-9-13-10-16-19-22-25-26-27-28-29(38)30(14,11-12-7-4-3-5-8-12)32(17,28)34(20,27)36(23,26)37(24,25)35(21,22)33(18,19)31(13,15)16/h3-5,7-8,13-29H,2,6,9-11H2,1H3. The van der Waals surface area contributed by atoms with Crippen LogP contribution in [0, 0.1) is 138 Å². The summed E-state index contributed by atoms with van der Waals surface area (Å²) in [6.45, 7) is 2.48. The van der Waals surface area contributed by atoms with Gasteiger partial charge in [-0.25, -0.2) is 0 Å². The molecule has 0 nitrogen and oxygen atoms in total. The molecule has 16 aliphatic carbocycles. The van der Waals surface area contributed by atoms with Gasteiger partial charge in [-0.3, -0.25) is 0 Å². The summed E-state index contributed by atoms with van der Waals surface area (Å²) in [4.78, 5) is 0. The van der Waals surface area contributed by atoms with Crippen LogP contribution in [0.1, 0.15) is 38.2 Å². The van der Waals surface area contributed by atoms with Crippen molar-refractivity contribution in [1.29, 1.82) is 0 Å². The number of fused-ring (bicyclic) bond motifs is 12. The molecule has 17 rings (SSSR count). The molecule has 0 amide bonds. The number of benzene rings is 1. The molecule has 0 bridgehead atoms. The molecule has 186 valence electrons. The van der Waals surface area contributed by atoms with Gasteiger partial charge in [-0.1, -0.05) is 49.5 Å². The molecule has 16 aliphatic rings. The zero-order valence-corrected chi connectivity index (χ0v) is 22.3. The highest BCUT2D eigenvalue weighted by molar-refractivity contribution is 6.14. The SMILES string of the molecule is [B]C1C2C3C4C5C6C7C8CC9CC%10C%11C%12C%13C%14C%15C%16C(CCC)C1(Cc1ccccc1)C2%16C3%15C4%14C5%13C6%12C7%11C98%10. The fraction of sp³-hybridized carbons (Fsp3) is 0.838. The quantitative estimate of drug-likeness (QED) is 0.473.